The van der Waals surface area contributed by atoms with Gasteiger partial charge in [0.1, 0.15) is 33.6 Å². The Kier molecular flexibility index (Phi) is 7.09. The predicted octanol–water partition coefficient (Wildman–Crippen LogP) is 6.42. The number of rotatable bonds is 6. The van der Waals surface area contributed by atoms with Crippen molar-refractivity contribution < 1.29 is 9.47 Å². The lowest BCUT2D eigenvalue weighted by Crippen LogP contribution is -2.46. The normalized spacial score (nSPS) is 13.3. The van der Waals surface area contributed by atoms with E-state index < -0.39 is 0 Å². The predicted molar refractivity (Wildman–Crippen MR) is 207 cm³/mol. The number of benzene rings is 4. The van der Waals surface area contributed by atoms with Crippen LogP contribution in [0.3, 0.4) is 0 Å². The number of nitrogen functional groups attached to an aromatic ring is 2. The first-order chi connectivity index (χ1) is 26.0. The molecule has 0 saturated carbocycles. The third-order valence-electron chi connectivity index (χ3n) is 9.92. The molecule has 4 aromatic heterocycles. The fourth-order valence-corrected chi connectivity index (χ4v) is 8.60. The van der Waals surface area contributed by atoms with E-state index in [1.807, 2.05) is 12.1 Å². The Morgan fingerprint density at radius 1 is 0.528 bits per heavy atom. The third-order valence-corrected chi connectivity index (χ3v) is 11.0. The lowest BCUT2D eigenvalue weighted by molar-refractivity contribution is 0.415. The summed E-state index contributed by atoms with van der Waals surface area (Å²) in [6.07, 6.45) is 6.83. The summed E-state index contributed by atoms with van der Waals surface area (Å²) in [5.74, 6) is 1.98. The highest BCUT2D eigenvalue weighted by atomic mass is 32.1. The molecule has 0 fully saturated rings. The van der Waals surface area contributed by atoms with Crippen LogP contribution in [0.15, 0.2) is 73.3 Å². The summed E-state index contributed by atoms with van der Waals surface area (Å²) in [5.41, 5.74) is 26.5. The summed E-state index contributed by atoms with van der Waals surface area (Å²) in [4.78, 5) is 21.5. The van der Waals surface area contributed by atoms with Crippen molar-refractivity contribution in [2.45, 2.75) is 13.1 Å². The monoisotopic (exact) mass is 736 g/mol. The lowest BCUT2D eigenvalue weighted by Gasteiger charge is -2.45. The van der Waals surface area contributed by atoms with E-state index in [4.69, 9.17) is 29.7 Å². The molecule has 6 heterocycles. The standard InChI is InChI=1S/C37H28N12O2S2/c1-50-30-9-28-18(7-26(30)24-5-3-22(32-34(24)46-52-44-32)20-11-40-36(38)41-12-20)15-49-17-48(28)16-19-8-27(31(51-2)10-29(19)49)25-6-4-23(33-35(25)47-53-45-33)21-13-42-37(39)43-14-21/h3-14H,15-17H2,1-2H3,(H2,38,40,41)(H2,39,42,43). The topological polar surface area (TPSA) is 180 Å². The Morgan fingerprint density at radius 3 is 1.30 bits per heavy atom. The van der Waals surface area contributed by atoms with E-state index in [9.17, 15) is 0 Å². The van der Waals surface area contributed by atoms with Crippen molar-refractivity contribution >= 4 is 68.8 Å². The van der Waals surface area contributed by atoms with Crippen LogP contribution >= 0.6 is 23.5 Å². The Morgan fingerprint density at radius 2 is 0.906 bits per heavy atom. The Labute approximate surface area is 310 Å². The fourth-order valence-electron chi connectivity index (χ4n) is 7.46. The van der Waals surface area contributed by atoms with E-state index in [0.717, 1.165) is 96.1 Å². The van der Waals surface area contributed by atoms with E-state index in [1.54, 1.807) is 39.0 Å². The molecule has 0 aliphatic carbocycles. The maximum absolute atomic E-state index is 6.05. The molecule has 0 radical (unpaired) electrons. The summed E-state index contributed by atoms with van der Waals surface area (Å²) in [6.45, 7) is 2.15. The molecule has 0 unspecified atom stereocenters. The van der Waals surface area contributed by atoms with Gasteiger partial charge in [-0.25, -0.2) is 19.9 Å². The minimum atomic E-state index is 0.223. The van der Waals surface area contributed by atoms with Crippen LogP contribution < -0.4 is 30.7 Å². The molecule has 2 aliphatic rings. The van der Waals surface area contributed by atoms with Crippen molar-refractivity contribution in [2.24, 2.45) is 0 Å². The molecule has 14 nitrogen and oxygen atoms in total. The molecular weight excluding hydrogens is 709 g/mol. The smallest absolute Gasteiger partial charge is 0.219 e. The van der Waals surface area contributed by atoms with Crippen LogP contribution in [0.25, 0.3) is 66.6 Å². The number of hydrogen-bond acceptors (Lipinski definition) is 16. The van der Waals surface area contributed by atoms with Crippen LogP contribution in [0.4, 0.5) is 23.3 Å². The average Bonchev–Trinajstić information content (AvgIpc) is 3.89. The summed E-state index contributed by atoms with van der Waals surface area (Å²) in [6, 6.07) is 16.9. The van der Waals surface area contributed by atoms with Crippen LogP contribution in [0.5, 0.6) is 11.5 Å². The van der Waals surface area contributed by atoms with Gasteiger partial charge in [0.05, 0.1) is 44.3 Å². The number of nitrogens with zero attached hydrogens (tertiary/aromatic N) is 10. The van der Waals surface area contributed by atoms with Gasteiger partial charge < -0.3 is 30.7 Å². The highest BCUT2D eigenvalue weighted by Gasteiger charge is 2.33. The summed E-state index contributed by atoms with van der Waals surface area (Å²) in [5, 5.41) is 0. The van der Waals surface area contributed by atoms with Crippen molar-refractivity contribution in [3.05, 3.63) is 84.4 Å². The third kappa shape index (κ3) is 4.97. The minimum Gasteiger partial charge on any atom is -0.496 e. The van der Waals surface area contributed by atoms with E-state index in [-0.39, 0.29) is 11.9 Å². The van der Waals surface area contributed by atoms with Crippen molar-refractivity contribution in [1.29, 1.82) is 0 Å². The highest BCUT2D eigenvalue weighted by Crippen LogP contribution is 2.48. The SMILES string of the molecule is COc1cc2c(cc1-c1ccc(-c3cnc(N)nc3)c3nsnc13)CN1CN2Cc2cc(-c3ccc(-c4cnc(N)nc4)c4nsnc34)c(OC)cc21. The van der Waals surface area contributed by atoms with Gasteiger partial charge in [-0.1, -0.05) is 24.3 Å². The highest BCUT2D eigenvalue weighted by molar-refractivity contribution is 7.00. The molecule has 260 valence electrons. The van der Waals surface area contributed by atoms with Crippen molar-refractivity contribution in [3.63, 3.8) is 0 Å². The van der Waals surface area contributed by atoms with Crippen LogP contribution in [0.1, 0.15) is 11.1 Å². The molecule has 53 heavy (non-hydrogen) atoms. The van der Waals surface area contributed by atoms with Crippen molar-refractivity contribution in [3.8, 4) is 56.0 Å². The van der Waals surface area contributed by atoms with Crippen molar-refractivity contribution in [2.75, 3.05) is 42.2 Å². The number of aromatic nitrogens is 8. The Hall–Kier alpha value is -6.52. The zero-order chi connectivity index (χ0) is 35.8. The van der Waals surface area contributed by atoms with E-state index >= 15 is 0 Å². The minimum absolute atomic E-state index is 0.223. The lowest BCUT2D eigenvalue weighted by atomic mass is 9.92. The fraction of sp³-hybridized carbons (Fsp3) is 0.135. The average molecular weight is 737 g/mol. The molecule has 4 N–H and O–H groups in total. The Balaban J connectivity index is 1.03. The van der Waals surface area contributed by atoms with Gasteiger partial charge in [0.25, 0.3) is 0 Å². The largest absolute Gasteiger partial charge is 0.496 e. The number of anilines is 4. The molecule has 0 atom stereocenters. The van der Waals surface area contributed by atoms with Crippen LogP contribution in [-0.4, -0.2) is 58.3 Å². The van der Waals surface area contributed by atoms with E-state index in [0.29, 0.717) is 13.1 Å². The van der Waals surface area contributed by atoms with E-state index in [1.165, 1.54) is 34.6 Å². The van der Waals surface area contributed by atoms with Crippen LogP contribution in [0, 0.1) is 0 Å². The molecule has 2 aliphatic heterocycles. The first-order valence-electron chi connectivity index (χ1n) is 16.6. The van der Waals surface area contributed by atoms with Gasteiger partial charge in [-0.3, -0.25) is 0 Å². The van der Waals surface area contributed by atoms with Gasteiger partial charge in [-0.2, -0.15) is 17.5 Å². The second-order valence-corrected chi connectivity index (χ2v) is 13.9. The van der Waals surface area contributed by atoms with Crippen LogP contribution in [0.2, 0.25) is 0 Å². The van der Waals surface area contributed by atoms with Crippen LogP contribution in [-0.2, 0) is 13.1 Å². The Bertz CT molecular complexity index is 2550. The van der Waals surface area contributed by atoms with Crippen molar-refractivity contribution in [1.82, 2.24) is 37.4 Å². The molecule has 8 aromatic rings. The molecule has 4 aromatic carbocycles. The zero-order valence-corrected chi connectivity index (χ0v) is 29.9. The summed E-state index contributed by atoms with van der Waals surface area (Å²) >= 11 is 2.35. The maximum atomic E-state index is 6.05. The second kappa shape index (κ2) is 12.0. The summed E-state index contributed by atoms with van der Waals surface area (Å²) in [7, 11) is 3.42. The molecule has 0 amide bonds. The molecular formula is C37H28N12O2S2. The number of ether oxygens (including phenoxy) is 2. The van der Waals surface area contributed by atoms with Gasteiger partial charge >= 0.3 is 0 Å². The second-order valence-electron chi connectivity index (χ2n) is 12.8. The molecule has 2 bridgehead atoms. The first kappa shape index (κ1) is 31.2. The van der Waals surface area contributed by atoms with Gasteiger partial charge in [0.2, 0.25) is 11.9 Å². The van der Waals surface area contributed by atoms with E-state index in [2.05, 4.69) is 74.9 Å². The summed E-state index contributed by atoms with van der Waals surface area (Å²) < 4.78 is 30.9. The maximum Gasteiger partial charge on any atom is 0.219 e. The molecule has 0 saturated heterocycles. The molecule has 10 rings (SSSR count). The van der Waals surface area contributed by atoms with Gasteiger partial charge in [0.15, 0.2) is 0 Å². The number of hydrogen-bond donors (Lipinski definition) is 2. The number of nitrogens with two attached hydrogens (primary N) is 2. The van der Waals surface area contributed by atoms with Gasteiger partial charge in [0, 0.05) is 106 Å². The van der Waals surface area contributed by atoms with Gasteiger partial charge in [-0.15, -0.1) is 0 Å². The zero-order valence-electron chi connectivity index (χ0n) is 28.3. The number of methoxy groups -OCH3 is 2. The molecule has 16 heteroatoms. The molecule has 0 spiro atoms. The first-order valence-corrected chi connectivity index (χ1v) is 18.0. The quantitative estimate of drug-likeness (QED) is 0.191. The number of fused-ring (bicyclic) bond motifs is 8. The van der Waals surface area contributed by atoms with Gasteiger partial charge in [-0.05, 0) is 23.3 Å².